The van der Waals surface area contributed by atoms with Crippen molar-refractivity contribution in [3.63, 3.8) is 0 Å². The van der Waals surface area contributed by atoms with Crippen molar-refractivity contribution in [3.05, 3.63) is 57.0 Å². The molecule has 1 unspecified atom stereocenters. The van der Waals surface area contributed by atoms with Crippen molar-refractivity contribution >= 4 is 22.9 Å². The summed E-state index contributed by atoms with van der Waals surface area (Å²) < 4.78 is 13.6. The summed E-state index contributed by atoms with van der Waals surface area (Å²) in [6.45, 7) is 2.98. The number of hydrogen-bond acceptors (Lipinski definition) is 2. The van der Waals surface area contributed by atoms with Crippen LogP contribution in [-0.4, -0.2) is 6.54 Å². The Balaban J connectivity index is 1.80. The minimum absolute atomic E-state index is 0.187. The number of hydrogen-bond donors (Lipinski definition) is 1. The highest BCUT2D eigenvalue weighted by Gasteiger charge is 2.07. The molecule has 0 bridgehead atoms. The fourth-order valence-corrected chi connectivity index (χ4v) is 2.83. The van der Waals surface area contributed by atoms with Crippen LogP contribution in [0.3, 0.4) is 0 Å². The number of nitrogens with one attached hydrogen (secondary N) is 1. The van der Waals surface area contributed by atoms with Gasteiger partial charge in [0.25, 0.3) is 0 Å². The Hall–Kier alpha value is -0.900. The highest BCUT2D eigenvalue weighted by molar-refractivity contribution is 7.16. The predicted molar refractivity (Wildman–Crippen MR) is 75.9 cm³/mol. The Morgan fingerprint density at radius 1 is 1.22 bits per heavy atom. The van der Waals surface area contributed by atoms with Crippen molar-refractivity contribution in [3.8, 4) is 0 Å². The van der Waals surface area contributed by atoms with Crippen molar-refractivity contribution in [2.24, 2.45) is 0 Å². The SMILES string of the molecule is CC(NCCc1ccc(F)cc1)c1ccc(Cl)s1. The Morgan fingerprint density at radius 3 is 2.56 bits per heavy atom. The van der Waals surface area contributed by atoms with Crippen LogP contribution >= 0.6 is 22.9 Å². The molecule has 0 amide bonds. The smallest absolute Gasteiger partial charge is 0.123 e. The molecule has 1 aromatic heterocycles. The molecule has 4 heteroatoms. The first kappa shape index (κ1) is 13.5. The van der Waals surface area contributed by atoms with Crippen molar-refractivity contribution in [2.45, 2.75) is 19.4 Å². The van der Waals surface area contributed by atoms with Crippen LogP contribution in [0.4, 0.5) is 4.39 Å². The van der Waals surface area contributed by atoms with E-state index in [1.165, 1.54) is 17.0 Å². The third kappa shape index (κ3) is 3.80. The number of benzene rings is 1. The summed E-state index contributed by atoms with van der Waals surface area (Å²) in [4.78, 5) is 1.24. The number of rotatable bonds is 5. The van der Waals surface area contributed by atoms with Crippen LogP contribution in [0.1, 0.15) is 23.4 Å². The van der Waals surface area contributed by atoms with Gasteiger partial charge in [-0.25, -0.2) is 4.39 Å². The molecule has 0 spiro atoms. The van der Waals surface area contributed by atoms with Crippen LogP contribution in [0.25, 0.3) is 0 Å². The van der Waals surface area contributed by atoms with E-state index in [1.54, 1.807) is 11.3 Å². The van der Waals surface area contributed by atoms with Gasteiger partial charge >= 0.3 is 0 Å². The molecule has 1 heterocycles. The van der Waals surface area contributed by atoms with E-state index < -0.39 is 0 Å². The molecule has 0 radical (unpaired) electrons. The zero-order valence-corrected chi connectivity index (χ0v) is 11.7. The summed E-state index contributed by atoms with van der Waals surface area (Å²) in [5.41, 5.74) is 1.14. The maximum atomic E-state index is 12.7. The Labute approximate surface area is 116 Å². The summed E-state index contributed by atoms with van der Waals surface area (Å²) in [5, 5.41) is 3.43. The zero-order chi connectivity index (χ0) is 13.0. The lowest BCUT2D eigenvalue weighted by atomic mass is 10.1. The van der Waals surface area contributed by atoms with Crippen LogP contribution in [0.15, 0.2) is 36.4 Å². The quantitative estimate of drug-likeness (QED) is 0.856. The lowest BCUT2D eigenvalue weighted by Crippen LogP contribution is -2.20. The first-order valence-corrected chi connectivity index (χ1v) is 7.07. The molecule has 1 N–H and O–H groups in total. The van der Waals surface area contributed by atoms with E-state index in [9.17, 15) is 4.39 Å². The van der Waals surface area contributed by atoms with Crippen LogP contribution in [0.2, 0.25) is 4.34 Å². The van der Waals surface area contributed by atoms with E-state index >= 15 is 0 Å². The highest BCUT2D eigenvalue weighted by atomic mass is 35.5. The molecule has 96 valence electrons. The van der Waals surface area contributed by atoms with Gasteiger partial charge in [-0.05, 0) is 49.7 Å². The summed E-state index contributed by atoms with van der Waals surface area (Å²) in [7, 11) is 0. The Morgan fingerprint density at radius 2 is 1.94 bits per heavy atom. The minimum atomic E-state index is -0.187. The molecule has 1 aromatic carbocycles. The monoisotopic (exact) mass is 283 g/mol. The molecule has 0 aliphatic rings. The molecule has 18 heavy (non-hydrogen) atoms. The molecule has 1 nitrogen and oxygen atoms in total. The van der Waals surface area contributed by atoms with E-state index in [2.05, 4.69) is 12.2 Å². The summed E-state index contributed by atoms with van der Waals surface area (Å²) in [6.07, 6.45) is 0.893. The molecular formula is C14H15ClFNS. The van der Waals surface area contributed by atoms with E-state index in [4.69, 9.17) is 11.6 Å². The average Bonchev–Trinajstić information content (AvgIpc) is 2.78. The van der Waals surface area contributed by atoms with Gasteiger partial charge in [0.15, 0.2) is 0 Å². The van der Waals surface area contributed by atoms with Crippen molar-refractivity contribution in [2.75, 3.05) is 6.54 Å². The second-order valence-corrected chi connectivity index (χ2v) is 5.94. The van der Waals surface area contributed by atoms with Gasteiger partial charge in [0.05, 0.1) is 4.34 Å². The second-order valence-electron chi connectivity index (χ2n) is 4.19. The van der Waals surface area contributed by atoms with E-state index in [1.807, 2.05) is 24.3 Å². The van der Waals surface area contributed by atoms with E-state index in [-0.39, 0.29) is 5.82 Å². The van der Waals surface area contributed by atoms with Gasteiger partial charge in [0.1, 0.15) is 5.82 Å². The van der Waals surface area contributed by atoms with Crippen LogP contribution in [0.5, 0.6) is 0 Å². The molecule has 2 aromatic rings. The lowest BCUT2D eigenvalue weighted by Gasteiger charge is -2.11. The maximum Gasteiger partial charge on any atom is 0.123 e. The normalized spacial score (nSPS) is 12.6. The van der Waals surface area contributed by atoms with Crippen LogP contribution in [0, 0.1) is 5.82 Å². The topological polar surface area (TPSA) is 12.0 Å². The van der Waals surface area contributed by atoms with Crippen molar-refractivity contribution in [1.82, 2.24) is 5.32 Å². The molecular weight excluding hydrogens is 269 g/mol. The fourth-order valence-electron chi connectivity index (χ4n) is 1.75. The van der Waals surface area contributed by atoms with Gasteiger partial charge in [-0.15, -0.1) is 11.3 Å². The number of halogens is 2. The summed E-state index contributed by atoms with van der Waals surface area (Å²) in [5.74, 6) is -0.187. The van der Waals surface area contributed by atoms with Gasteiger partial charge in [0, 0.05) is 10.9 Å². The van der Waals surface area contributed by atoms with Crippen LogP contribution < -0.4 is 5.32 Å². The van der Waals surface area contributed by atoms with Gasteiger partial charge in [-0.3, -0.25) is 0 Å². The molecule has 0 aliphatic carbocycles. The van der Waals surface area contributed by atoms with Crippen LogP contribution in [-0.2, 0) is 6.42 Å². The van der Waals surface area contributed by atoms with Gasteiger partial charge < -0.3 is 5.32 Å². The average molecular weight is 284 g/mol. The van der Waals surface area contributed by atoms with Crippen molar-refractivity contribution in [1.29, 1.82) is 0 Å². The van der Waals surface area contributed by atoms with Gasteiger partial charge in [-0.1, -0.05) is 23.7 Å². The third-order valence-electron chi connectivity index (χ3n) is 2.80. The fraction of sp³-hybridized carbons (Fsp3) is 0.286. The molecule has 0 fully saturated rings. The first-order valence-electron chi connectivity index (χ1n) is 5.88. The predicted octanol–water partition coefficient (Wildman–Crippen LogP) is 4.43. The summed E-state index contributed by atoms with van der Waals surface area (Å²) in [6, 6.07) is 10.9. The highest BCUT2D eigenvalue weighted by Crippen LogP contribution is 2.26. The number of thiophene rings is 1. The zero-order valence-electron chi connectivity index (χ0n) is 10.1. The largest absolute Gasteiger partial charge is 0.309 e. The first-order chi connectivity index (χ1) is 8.65. The van der Waals surface area contributed by atoms with E-state index in [0.29, 0.717) is 6.04 Å². The third-order valence-corrected chi connectivity index (χ3v) is 4.21. The summed E-state index contributed by atoms with van der Waals surface area (Å²) >= 11 is 7.50. The Kier molecular flexibility index (Phi) is 4.75. The van der Waals surface area contributed by atoms with Gasteiger partial charge in [0.2, 0.25) is 0 Å². The molecule has 0 saturated heterocycles. The molecule has 0 saturated carbocycles. The molecule has 0 aliphatic heterocycles. The standard InChI is InChI=1S/C14H15ClFNS/c1-10(13-6-7-14(15)18-13)17-9-8-11-2-4-12(16)5-3-11/h2-7,10,17H,8-9H2,1H3. The second kappa shape index (κ2) is 6.32. The molecule has 1 atom stereocenters. The Bertz CT molecular complexity index is 495. The van der Waals surface area contributed by atoms with Crippen molar-refractivity contribution < 1.29 is 4.39 Å². The molecule has 2 rings (SSSR count). The van der Waals surface area contributed by atoms with E-state index in [0.717, 1.165) is 22.9 Å². The maximum absolute atomic E-state index is 12.7. The van der Waals surface area contributed by atoms with Gasteiger partial charge in [-0.2, -0.15) is 0 Å². The lowest BCUT2D eigenvalue weighted by molar-refractivity contribution is 0.583. The minimum Gasteiger partial charge on any atom is -0.309 e.